The monoisotopic (exact) mass is 322 g/mol. The molecule has 1 aliphatic heterocycles. The van der Waals surface area contributed by atoms with Crippen LogP contribution in [0.5, 0.6) is 5.75 Å². The van der Waals surface area contributed by atoms with Crippen molar-refractivity contribution in [2.45, 2.75) is 39.2 Å². The lowest BCUT2D eigenvalue weighted by Crippen LogP contribution is -2.21. The molecule has 2 aliphatic rings. The van der Waals surface area contributed by atoms with E-state index < -0.39 is 0 Å². The van der Waals surface area contributed by atoms with Crippen LogP contribution in [0.1, 0.15) is 48.1 Å². The SMILES string of the molecule is CCN(CC)c1ccc2c(c1)C[C@H]1c3cc(OC)cc(C)c3N[C@@H]21. The second-order valence-corrected chi connectivity index (χ2v) is 6.90. The highest BCUT2D eigenvalue weighted by Crippen LogP contribution is 2.53. The molecule has 4 rings (SSSR count). The molecule has 0 unspecified atom stereocenters. The van der Waals surface area contributed by atoms with Crippen molar-refractivity contribution in [1.29, 1.82) is 0 Å². The second kappa shape index (κ2) is 5.73. The number of nitrogens with one attached hydrogen (secondary N) is 1. The van der Waals surface area contributed by atoms with Gasteiger partial charge in [0.25, 0.3) is 0 Å². The Morgan fingerprint density at radius 3 is 2.62 bits per heavy atom. The summed E-state index contributed by atoms with van der Waals surface area (Å²) in [4.78, 5) is 2.42. The van der Waals surface area contributed by atoms with E-state index in [9.17, 15) is 0 Å². The Balaban J connectivity index is 1.71. The Hall–Kier alpha value is -2.16. The van der Waals surface area contributed by atoms with Crippen molar-refractivity contribution in [2.75, 3.05) is 30.4 Å². The molecular formula is C21H26N2O. The smallest absolute Gasteiger partial charge is 0.119 e. The first kappa shape index (κ1) is 15.4. The van der Waals surface area contributed by atoms with E-state index in [0.717, 1.165) is 25.3 Å². The van der Waals surface area contributed by atoms with Crippen molar-refractivity contribution in [3.8, 4) is 5.75 Å². The molecule has 126 valence electrons. The summed E-state index contributed by atoms with van der Waals surface area (Å²) in [5, 5.41) is 3.78. The fourth-order valence-corrected chi connectivity index (χ4v) is 4.44. The summed E-state index contributed by atoms with van der Waals surface area (Å²) in [5.41, 5.74) is 8.31. The molecule has 0 saturated carbocycles. The van der Waals surface area contributed by atoms with Crippen LogP contribution in [0.25, 0.3) is 0 Å². The molecule has 1 N–H and O–H groups in total. The first-order valence-electron chi connectivity index (χ1n) is 8.99. The fraction of sp³-hybridized carbons (Fsp3) is 0.429. The Morgan fingerprint density at radius 1 is 1.12 bits per heavy atom. The van der Waals surface area contributed by atoms with Crippen molar-refractivity contribution >= 4 is 11.4 Å². The topological polar surface area (TPSA) is 24.5 Å². The normalized spacial score (nSPS) is 20.2. The third kappa shape index (κ3) is 2.18. The highest BCUT2D eigenvalue weighted by molar-refractivity contribution is 5.70. The van der Waals surface area contributed by atoms with Crippen molar-refractivity contribution in [3.63, 3.8) is 0 Å². The minimum atomic E-state index is 0.409. The van der Waals surface area contributed by atoms with Gasteiger partial charge in [-0.15, -0.1) is 0 Å². The summed E-state index contributed by atoms with van der Waals surface area (Å²) in [7, 11) is 1.75. The maximum Gasteiger partial charge on any atom is 0.119 e. The van der Waals surface area contributed by atoms with Gasteiger partial charge in [-0.1, -0.05) is 6.07 Å². The molecule has 0 aromatic heterocycles. The van der Waals surface area contributed by atoms with Crippen LogP contribution in [0.3, 0.4) is 0 Å². The molecular weight excluding hydrogens is 296 g/mol. The third-order valence-corrected chi connectivity index (χ3v) is 5.71. The first-order valence-corrected chi connectivity index (χ1v) is 8.99. The zero-order chi connectivity index (χ0) is 16.8. The van der Waals surface area contributed by atoms with Gasteiger partial charge < -0.3 is 15.0 Å². The van der Waals surface area contributed by atoms with Gasteiger partial charge in [-0.25, -0.2) is 0 Å². The number of methoxy groups -OCH3 is 1. The maximum atomic E-state index is 5.49. The molecule has 0 fully saturated rings. The molecule has 2 aromatic carbocycles. The number of nitrogens with zero attached hydrogens (tertiary/aromatic N) is 1. The average molecular weight is 322 g/mol. The zero-order valence-electron chi connectivity index (χ0n) is 15.0. The molecule has 3 nitrogen and oxygen atoms in total. The summed E-state index contributed by atoms with van der Waals surface area (Å²) >= 11 is 0. The minimum absolute atomic E-state index is 0.409. The van der Waals surface area contributed by atoms with Crippen LogP contribution in [0.2, 0.25) is 0 Å². The van der Waals surface area contributed by atoms with Crippen LogP contribution in [0, 0.1) is 6.92 Å². The van der Waals surface area contributed by atoms with Crippen LogP contribution in [-0.4, -0.2) is 20.2 Å². The number of hydrogen-bond acceptors (Lipinski definition) is 3. The minimum Gasteiger partial charge on any atom is -0.497 e. The van der Waals surface area contributed by atoms with Crippen LogP contribution in [0.15, 0.2) is 30.3 Å². The Bertz CT molecular complexity index is 780. The number of aryl methyl sites for hydroxylation is 1. The third-order valence-electron chi connectivity index (χ3n) is 5.71. The predicted molar refractivity (Wildman–Crippen MR) is 101 cm³/mol. The van der Waals surface area contributed by atoms with E-state index in [4.69, 9.17) is 4.74 Å². The lowest BCUT2D eigenvalue weighted by atomic mass is 9.94. The molecule has 2 atom stereocenters. The lowest BCUT2D eigenvalue weighted by Gasteiger charge is -2.22. The number of rotatable bonds is 4. The van der Waals surface area contributed by atoms with Crippen LogP contribution in [-0.2, 0) is 6.42 Å². The van der Waals surface area contributed by atoms with E-state index in [2.05, 4.69) is 61.3 Å². The molecule has 0 spiro atoms. The lowest BCUT2D eigenvalue weighted by molar-refractivity contribution is 0.414. The summed E-state index contributed by atoms with van der Waals surface area (Å²) in [6.45, 7) is 8.72. The number of ether oxygens (including phenoxy) is 1. The first-order chi connectivity index (χ1) is 11.7. The van der Waals surface area contributed by atoms with E-state index in [1.807, 2.05) is 0 Å². The molecule has 0 bridgehead atoms. The van der Waals surface area contributed by atoms with Crippen LogP contribution < -0.4 is 15.0 Å². The predicted octanol–water partition coefficient (Wildman–Crippen LogP) is 4.66. The van der Waals surface area contributed by atoms with Crippen molar-refractivity contribution in [1.82, 2.24) is 0 Å². The summed E-state index contributed by atoms with van der Waals surface area (Å²) in [6, 6.07) is 11.8. The zero-order valence-corrected chi connectivity index (χ0v) is 15.0. The summed E-state index contributed by atoms with van der Waals surface area (Å²) in [6.07, 6.45) is 1.11. The Morgan fingerprint density at radius 2 is 1.92 bits per heavy atom. The number of benzene rings is 2. The average Bonchev–Trinajstić information content (AvgIpc) is 3.12. The van der Waals surface area contributed by atoms with Crippen molar-refractivity contribution in [3.05, 3.63) is 52.6 Å². The molecule has 2 aromatic rings. The van der Waals surface area contributed by atoms with Gasteiger partial charge in [-0.2, -0.15) is 0 Å². The quantitative estimate of drug-likeness (QED) is 0.886. The van der Waals surface area contributed by atoms with Gasteiger partial charge in [0.05, 0.1) is 13.2 Å². The molecule has 1 aliphatic carbocycles. The summed E-state index contributed by atoms with van der Waals surface area (Å²) < 4.78 is 5.49. The van der Waals surface area contributed by atoms with E-state index in [1.165, 1.54) is 33.6 Å². The number of anilines is 2. The fourth-order valence-electron chi connectivity index (χ4n) is 4.44. The van der Waals surface area contributed by atoms with Gasteiger partial charge in [0.2, 0.25) is 0 Å². The van der Waals surface area contributed by atoms with Gasteiger partial charge in [0.1, 0.15) is 5.75 Å². The molecule has 24 heavy (non-hydrogen) atoms. The van der Waals surface area contributed by atoms with Gasteiger partial charge in [0.15, 0.2) is 0 Å². The highest BCUT2D eigenvalue weighted by atomic mass is 16.5. The maximum absolute atomic E-state index is 5.49. The largest absolute Gasteiger partial charge is 0.497 e. The molecule has 0 amide bonds. The van der Waals surface area contributed by atoms with Crippen molar-refractivity contribution in [2.24, 2.45) is 0 Å². The van der Waals surface area contributed by atoms with Crippen molar-refractivity contribution < 1.29 is 4.74 Å². The Labute approximate surface area is 144 Å². The Kier molecular flexibility index (Phi) is 3.67. The van der Waals surface area contributed by atoms with E-state index >= 15 is 0 Å². The number of fused-ring (bicyclic) bond motifs is 5. The molecule has 0 saturated heterocycles. The second-order valence-electron chi connectivity index (χ2n) is 6.90. The summed E-state index contributed by atoms with van der Waals surface area (Å²) in [5.74, 6) is 1.49. The molecule has 0 radical (unpaired) electrons. The van der Waals surface area contributed by atoms with E-state index in [-0.39, 0.29) is 0 Å². The standard InChI is InChI=1S/C21H26N2O/c1-5-23(6-2)15-7-8-17-14(10-15)11-18-19-12-16(24-4)9-13(3)20(19)22-21(17)18/h7-10,12,18,21-22H,5-6,11H2,1-4H3/t18-,21-/m0/s1. The van der Waals surface area contributed by atoms with E-state index in [0.29, 0.717) is 12.0 Å². The highest BCUT2D eigenvalue weighted by Gasteiger charge is 2.40. The van der Waals surface area contributed by atoms with E-state index in [1.54, 1.807) is 7.11 Å². The van der Waals surface area contributed by atoms with Gasteiger partial charge in [0, 0.05) is 30.4 Å². The number of hydrogen-bond donors (Lipinski definition) is 1. The van der Waals surface area contributed by atoms with Gasteiger partial charge >= 0.3 is 0 Å². The van der Waals surface area contributed by atoms with Gasteiger partial charge in [-0.3, -0.25) is 0 Å². The van der Waals surface area contributed by atoms with Crippen LogP contribution in [0.4, 0.5) is 11.4 Å². The molecule has 3 heteroatoms. The molecule has 1 heterocycles. The van der Waals surface area contributed by atoms with Crippen LogP contribution >= 0.6 is 0 Å². The van der Waals surface area contributed by atoms with Gasteiger partial charge in [-0.05, 0) is 73.7 Å².